The van der Waals surface area contributed by atoms with E-state index in [1.165, 1.54) is 0 Å². The molecule has 0 N–H and O–H groups in total. The van der Waals surface area contributed by atoms with Crippen LogP contribution in [0.3, 0.4) is 0 Å². The molecule has 2 aliphatic rings. The van der Waals surface area contributed by atoms with Crippen molar-refractivity contribution in [2.75, 3.05) is 5.06 Å². The average Bonchev–Trinajstić information content (AvgIpc) is 2.52. The van der Waals surface area contributed by atoms with Crippen molar-refractivity contribution >= 4 is 17.7 Å². The number of ether oxygens (including phenoxy) is 1. The van der Waals surface area contributed by atoms with Gasteiger partial charge in [-0.1, -0.05) is 37.3 Å². The van der Waals surface area contributed by atoms with Crippen LogP contribution in [0.2, 0.25) is 0 Å². The molecule has 111 valence electrons. The van der Waals surface area contributed by atoms with E-state index in [1.807, 2.05) is 50.2 Å². The van der Waals surface area contributed by atoms with E-state index in [2.05, 4.69) is 9.98 Å². The van der Waals surface area contributed by atoms with Gasteiger partial charge < -0.3 is 4.74 Å². The van der Waals surface area contributed by atoms with Gasteiger partial charge in [0.05, 0.1) is 6.21 Å². The molecule has 3 heterocycles. The Labute approximate surface area is 128 Å². The molecular weight excluding hydrogens is 278 g/mol. The molecule has 5 nitrogen and oxygen atoms in total. The second kappa shape index (κ2) is 4.30. The van der Waals surface area contributed by atoms with Crippen LogP contribution >= 0.6 is 0 Å². The molecule has 1 atom stereocenters. The van der Waals surface area contributed by atoms with Crippen molar-refractivity contribution in [3.63, 3.8) is 0 Å². The fourth-order valence-corrected chi connectivity index (χ4v) is 3.19. The van der Waals surface area contributed by atoms with Crippen LogP contribution in [-0.2, 0) is 11.6 Å². The van der Waals surface area contributed by atoms with Gasteiger partial charge in [-0.2, -0.15) is 5.06 Å². The number of para-hydroxylation sites is 2. The second-order valence-corrected chi connectivity index (χ2v) is 6.37. The van der Waals surface area contributed by atoms with Gasteiger partial charge in [0.1, 0.15) is 11.4 Å². The Hall–Kier alpha value is -2.40. The van der Waals surface area contributed by atoms with Crippen LogP contribution in [0.4, 0.5) is 11.5 Å². The van der Waals surface area contributed by atoms with E-state index in [0.717, 1.165) is 16.3 Å². The number of hydrogen-bond acceptors (Lipinski definition) is 4. The standard InChI is InChI=1S/C17H16N3O2/c1-16(2)10-12-6-5-9-18-15(12)20(21)17(16)11-19-13-7-3-4-8-14(13)22-17/h3-9,11H,10H2,1-2H3/t17-/m1/s1. The lowest BCUT2D eigenvalue weighted by atomic mass is 9.73. The highest BCUT2D eigenvalue weighted by molar-refractivity contribution is 5.82. The van der Waals surface area contributed by atoms with E-state index in [0.29, 0.717) is 18.0 Å². The summed E-state index contributed by atoms with van der Waals surface area (Å²) in [5.74, 6) is 1.03. The van der Waals surface area contributed by atoms with Gasteiger partial charge in [0.25, 0.3) is 5.72 Å². The maximum atomic E-state index is 13.1. The largest absolute Gasteiger partial charge is 0.457 e. The average molecular weight is 294 g/mol. The van der Waals surface area contributed by atoms with E-state index in [4.69, 9.17) is 4.74 Å². The summed E-state index contributed by atoms with van der Waals surface area (Å²) in [5.41, 5.74) is 0.0537. The molecule has 1 spiro atoms. The van der Waals surface area contributed by atoms with E-state index < -0.39 is 11.1 Å². The number of aromatic nitrogens is 1. The molecule has 2 aromatic rings. The number of aliphatic imine (C=N–C) groups is 1. The monoisotopic (exact) mass is 294 g/mol. The Balaban J connectivity index is 1.89. The molecule has 0 saturated carbocycles. The molecule has 22 heavy (non-hydrogen) atoms. The van der Waals surface area contributed by atoms with Gasteiger partial charge in [0.15, 0.2) is 5.82 Å². The molecule has 2 aliphatic heterocycles. The predicted octanol–water partition coefficient (Wildman–Crippen LogP) is 3.31. The number of nitrogens with zero attached hydrogens (tertiary/aromatic N) is 3. The van der Waals surface area contributed by atoms with Crippen LogP contribution in [0.25, 0.3) is 0 Å². The van der Waals surface area contributed by atoms with Crippen molar-refractivity contribution < 1.29 is 9.94 Å². The number of hydrogen-bond donors (Lipinski definition) is 0. The van der Waals surface area contributed by atoms with Crippen molar-refractivity contribution in [2.45, 2.75) is 26.0 Å². The summed E-state index contributed by atoms with van der Waals surface area (Å²) in [5, 5.41) is 13.9. The molecule has 0 bridgehead atoms. The first-order chi connectivity index (χ1) is 10.5. The van der Waals surface area contributed by atoms with Crippen LogP contribution in [0.15, 0.2) is 47.6 Å². The van der Waals surface area contributed by atoms with E-state index in [-0.39, 0.29) is 0 Å². The predicted molar refractivity (Wildman–Crippen MR) is 82.8 cm³/mol. The van der Waals surface area contributed by atoms with E-state index >= 15 is 0 Å². The number of anilines is 1. The Kier molecular flexibility index (Phi) is 2.60. The van der Waals surface area contributed by atoms with Crippen molar-refractivity contribution in [1.29, 1.82) is 0 Å². The molecule has 0 aliphatic carbocycles. The summed E-state index contributed by atoms with van der Waals surface area (Å²) in [6, 6.07) is 11.3. The molecule has 0 unspecified atom stereocenters. The van der Waals surface area contributed by atoms with Gasteiger partial charge in [0, 0.05) is 11.6 Å². The van der Waals surface area contributed by atoms with Crippen molar-refractivity contribution in [3.05, 3.63) is 48.2 Å². The molecule has 0 saturated heterocycles. The third kappa shape index (κ3) is 1.63. The Morgan fingerprint density at radius 3 is 2.86 bits per heavy atom. The zero-order chi connectivity index (χ0) is 15.4. The van der Waals surface area contributed by atoms with Crippen molar-refractivity contribution in [1.82, 2.24) is 4.98 Å². The minimum absolute atomic E-state index is 0.410. The maximum Gasteiger partial charge on any atom is 0.251 e. The first-order valence-corrected chi connectivity index (χ1v) is 7.28. The SMILES string of the molecule is CC1(C)Cc2cccnc2N([O])[C@@]12C=Nc1ccccc1O2. The number of benzene rings is 1. The lowest BCUT2D eigenvalue weighted by molar-refractivity contribution is -0.0770. The van der Waals surface area contributed by atoms with Crippen LogP contribution in [-0.4, -0.2) is 16.9 Å². The third-order valence-corrected chi connectivity index (χ3v) is 4.47. The highest BCUT2D eigenvalue weighted by Crippen LogP contribution is 2.49. The molecule has 1 aromatic carbocycles. The van der Waals surface area contributed by atoms with Crippen molar-refractivity contribution in [2.24, 2.45) is 10.4 Å². The van der Waals surface area contributed by atoms with Gasteiger partial charge in [-0.15, -0.1) is 0 Å². The van der Waals surface area contributed by atoms with Crippen LogP contribution in [0.1, 0.15) is 19.4 Å². The minimum atomic E-state index is -1.18. The summed E-state index contributed by atoms with van der Waals surface area (Å²) in [4.78, 5) is 8.71. The third-order valence-electron chi connectivity index (χ3n) is 4.47. The van der Waals surface area contributed by atoms with Gasteiger partial charge in [-0.25, -0.2) is 4.98 Å². The number of hydroxylamine groups is 1. The fraction of sp³-hybridized carbons (Fsp3) is 0.294. The molecule has 0 fully saturated rings. The lowest BCUT2D eigenvalue weighted by Crippen LogP contribution is -2.66. The summed E-state index contributed by atoms with van der Waals surface area (Å²) >= 11 is 0. The molecule has 1 aromatic heterocycles. The van der Waals surface area contributed by atoms with E-state index in [9.17, 15) is 5.21 Å². The van der Waals surface area contributed by atoms with Gasteiger partial charge >= 0.3 is 0 Å². The number of rotatable bonds is 0. The summed E-state index contributed by atoms with van der Waals surface area (Å²) in [7, 11) is 0. The number of pyridine rings is 1. The van der Waals surface area contributed by atoms with E-state index in [1.54, 1.807) is 12.4 Å². The smallest absolute Gasteiger partial charge is 0.251 e. The molecule has 1 radical (unpaired) electrons. The molecular formula is C17H16N3O2. The molecule has 4 rings (SSSR count). The van der Waals surface area contributed by atoms with Gasteiger partial charge in [-0.05, 0) is 30.2 Å². The van der Waals surface area contributed by atoms with Crippen LogP contribution < -0.4 is 9.80 Å². The first kappa shape index (κ1) is 13.3. The fourth-order valence-electron chi connectivity index (χ4n) is 3.19. The summed E-state index contributed by atoms with van der Waals surface area (Å²) in [6.45, 7) is 4.04. The molecule has 0 amide bonds. The Bertz CT molecular complexity index is 772. The maximum absolute atomic E-state index is 13.1. The summed E-state index contributed by atoms with van der Waals surface area (Å²) in [6.07, 6.45) is 3.95. The second-order valence-electron chi connectivity index (χ2n) is 6.37. The molecule has 5 heteroatoms. The van der Waals surface area contributed by atoms with Crippen LogP contribution in [0.5, 0.6) is 5.75 Å². The number of fused-ring (bicyclic) bond motifs is 2. The Morgan fingerprint density at radius 2 is 2.00 bits per heavy atom. The Morgan fingerprint density at radius 1 is 1.18 bits per heavy atom. The minimum Gasteiger partial charge on any atom is -0.457 e. The van der Waals surface area contributed by atoms with Crippen molar-refractivity contribution in [3.8, 4) is 5.75 Å². The summed E-state index contributed by atoms with van der Waals surface area (Å²) < 4.78 is 6.17. The van der Waals surface area contributed by atoms with Crippen LogP contribution in [0, 0.1) is 5.41 Å². The normalized spacial score (nSPS) is 24.6. The quantitative estimate of drug-likeness (QED) is 0.749. The lowest BCUT2D eigenvalue weighted by Gasteiger charge is -2.51. The van der Waals surface area contributed by atoms with Gasteiger partial charge in [-0.3, -0.25) is 4.99 Å². The van der Waals surface area contributed by atoms with Gasteiger partial charge in [0.2, 0.25) is 0 Å². The highest BCUT2D eigenvalue weighted by atomic mass is 16.6. The zero-order valence-electron chi connectivity index (χ0n) is 12.5. The topological polar surface area (TPSA) is 57.6 Å². The first-order valence-electron chi connectivity index (χ1n) is 7.28. The highest BCUT2D eigenvalue weighted by Gasteiger charge is 2.57. The zero-order valence-corrected chi connectivity index (χ0v) is 12.5.